The molecular formula is C17H15F2N5S2. The summed E-state index contributed by atoms with van der Waals surface area (Å²) in [6.45, 7) is -1.88. The van der Waals surface area contributed by atoms with Crippen molar-refractivity contribution in [1.82, 2.24) is 24.3 Å². The standard InChI is InChI=1S/C17H15F2N5S2/c18-16(19)24-14-6-2-1-5-13(14)21-15(24)10-26-17-22-20-11-23(17)8-7-12-4-3-9-25-12/h1-6,9,11,16H,7-8,10H2. The number of nitrogens with zero attached hydrogens (tertiary/aromatic N) is 5. The summed E-state index contributed by atoms with van der Waals surface area (Å²) >= 11 is 3.08. The molecule has 4 aromatic rings. The highest BCUT2D eigenvalue weighted by Crippen LogP contribution is 2.28. The summed E-state index contributed by atoms with van der Waals surface area (Å²) in [6, 6.07) is 11.0. The van der Waals surface area contributed by atoms with Gasteiger partial charge in [0.05, 0.1) is 16.8 Å². The molecule has 0 saturated carbocycles. The number of aryl methyl sites for hydroxylation is 2. The fourth-order valence-corrected chi connectivity index (χ4v) is 4.31. The van der Waals surface area contributed by atoms with Crippen LogP contribution in [0.3, 0.4) is 0 Å². The highest BCUT2D eigenvalue weighted by Gasteiger charge is 2.18. The van der Waals surface area contributed by atoms with Gasteiger partial charge >= 0.3 is 6.55 Å². The maximum atomic E-state index is 13.5. The Labute approximate surface area is 156 Å². The number of fused-ring (bicyclic) bond motifs is 1. The van der Waals surface area contributed by atoms with E-state index in [0.29, 0.717) is 27.8 Å². The van der Waals surface area contributed by atoms with E-state index in [0.717, 1.165) is 17.5 Å². The minimum Gasteiger partial charge on any atom is -0.308 e. The van der Waals surface area contributed by atoms with Crippen LogP contribution in [0.25, 0.3) is 11.0 Å². The van der Waals surface area contributed by atoms with Gasteiger partial charge in [0, 0.05) is 11.4 Å². The summed E-state index contributed by atoms with van der Waals surface area (Å²) in [4.78, 5) is 5.64. The van der Waals surface area contributed by atoms with Gasteiger partial charge < -0.3 is 4.57 Å². The SMILES string of the molecule is FC(F)n1c(CSc2nncn2CCc2cccs2)nc2ccccc21. The zero-order chi connectivity index (χ0) is 17.9. The third-order valence-electron chi connectivity index (χ3n) is 3.95. The third-order valence-corrected chi connectivity index (χ3v) is 5.87. The van der Waals surface area contributed by atoms with E-state index in [1.807, 2.05) is 16.0 Å². The summed E-state index contributed by atoms with van der Waals surface area (Å²) in [5.74, 6) is 0.635. The Morgan fingerprint density at radius 3 is 2.85 bits per heavy atom. The lowest BCUT2D eigenvalue weighted by Gasteiger charge is -2.08. The minimum absolute atomic E-state index is 0.302. The van der Waals surface area contributed by atoms with Crippen LogP contribution in [-0.4, -0.2) is 24.3 Å². The first-order chi connectivity index (χ1) is 12.7. The van der Waals surface area contributed by atoms with Crippen LogP contribution < -0.4 is 0 Å². The van der Waals surface area contributed by atoms with Crippen molar-refractivity contribution >= 4 is 34.1 Å². The van der Waals surface area contributed by atoms with E-state index in [-0.39, 0.29) is 0 Å². The van der Waals surface area contributed by atoms with E-state index in [4.69, 9.17) is 0 Å². The fourth-order valence-electron chi connectivity index (χ4n) is 2.74. The van der Waals surface area contributed by atoms with Crippen molar-refractivity contribution in [3.05, 3.63) is 58.8 Å². The summed E-state index contributed by atoms with van der Waals surface area (Å²) < 4.78 is 29.9. The lowest BCUT2D eigenvalue weighted by molar-refractivity contribution is 0.0722. The molecule has 26 heavy (non-hydrogen) atoms. The second kappa shape index (κ2) is 7.55. The van der Waals surface area contributed by atoms with Crippen molar-refractivity contribution in [1.29, 1.82) is 0 Å². The Morgan fingerprint density at radius 2 is 2.04 bits per heavy atom. The minimum atomic E-state index is -2.63. The molecule has 0 bridgehead atoms. The molecule has 4 rings (SSSR count). The molecule has 0 N–H and O–H groups in total. The maximum absolute atomic E-state index is 13.5. The quantitative estimate of drug-likeness (QED) is 0.431. The highest BCUT2D eigenvalue weighted by molar-refractivity contribution is 7.98. The first-order valence-corrected chi connectivity index (χ1v) is 9.86. The smallest absolute Gasteiger partial charge is 0.308 e. The fraction of sp³-hybridized carbons (Fsp3) is 0.235. The molecule has 5 nitrogen and oxygen atoms in total. The zero-order valence-electron chi connectivity index (χ0n) is 13.6. The summed E-state index contributed by atoms with van der Waals surface area (Å²) in [6.07, 6.45) is 2.56. The second-order valence-corrected chi connectivity index (χ2v) is 7.56. The molecule has 0 amide bonds. The first kappa shape index (κ1) is 17.2. The summed E-state index contributed by atoms with van der Waals surface area (Å²) in [5, 5.41) is 10.8. The average molecular weight is 391 g/mol. The Hall–Kier alpha value is -2.26. The molecule has 0 aliphatic rings. The predicted octanol–water partition coefficient (Wildman–Crippen LogP) is 4.62. The monoisotopic (exact) mass is 391 g/mol. The Kier molecular flexibility index (Phi) is 4.98. The third kappa shape index (κ3) is 3.49. The Morgan fingerprint density at radius 1 is 1.15 bits per heavy atom. The van der Waals surface area contributed by atoms with Crippen LogP contribution >= 0.6 is 23.1 Å². The zero-order valence-corrected chi connectivity index (χ0v) is 15.3. The first-order valence-electron chi connectivity index (χ1n) is 7.99. The molecule has 3 heterocycles. The van der Waals surface area contributed by atoms with Gasteiger partial charge in [0.15, 0.2) is 5.16 Å². The van der Waals surface area contributed by atoms with Gasteiger partial charge in [-0.25, -0.2) is 4.98 Å². The molecular weight excluding hydrogens is 376 g/mol. The molecule has 0 unspecified atom stereocenters. The van der Waals surface area contributed by atoms with Crippen LogP contribution in [0, 0.1) is 0 Å². The second-order valence-electron chi connectivity index (χ2n) is 5.59. The summed E-state index contributed by atoms with van der Waals surface area (Å²) in [7, 11) is 0. The van der Waals surface area contributed by atoms with Crippen molar-refractivity contribution in [3.8, 4) is 0 Å². The number of thiophene rings is 1. The van der Waals surface area contributed by atoms with Crippen molar-refractivity contribution in [2.45, 2.75) is 30.4 Å². The van der Waals surface area contributed by atoms with E-state index >= 15 is 0 Å². The van der Waals surface area contributed by atoms with Gasteiger partial charge in [-0.1, -0.05) is 30.0 Å². The van der Waals surface area contributed by atoms with Gasteiger partial charge in [-0.15, -0.1) is 21.5 Å². The van der Waals surface area contributed by atoms with Crippen LogP contribution in [0.4, 0.5) is 8.78 Å². The number of rotatable bonds is 7. The molecule has 0 spiro atoms. The number of hydrogen-bond acceptors (Lipinski definition) is 5. The van der Waals surface area contributed by atoms with Crippen LogP contribution in [-0.2, 0) is 18.7 Å². The predicted molar refractivity (Wildman–Crippen MR) is 98.6 cm³/mol. The molecule has 1 aromatic carbocycles. The number of alkyl halides is 2. The van der Waals surface area contributed by atoms with Gasteiger partial charge in [-0.2, -0.15) is 8.78 Å². The molecule has 0 atom stereocenters. The van der Waals surface area contributed by atoms with Gasteiger partial charge in [-0.05, 0) is 30.0 Å². The maximum Gasteiger partial charge on any atom is 0.320 e. The number of benzene rings is 1. The van der Waals surface area contributed by atoms with E-state index < -0.39 is 6.55 Å². The number of para-hydroxylation sites is 2. The van der Waals surface area contributed by atoms with Crippen molar-refractivity contribution < 1.29 is 8.78 Å². The molecule has 0 fully saturated rings. The van der Waals surface area contributed by atoms with E-state index in [1.54, 1.807) is 41.9 Å². The number of thioether (sulfide) groups is 1. The highest BCUT2D eigenvalue weighted by atomic mass is 32.2. The molecule has 0 radical (unpaired) electrons. The van der Waals surface area contributed by atoms with Crippen molar-refractivity contribution in [2.75, 3.05) is 0 Å². The topological polar surface area (TPSA) is 48.5 Å². The molecule has 0 saturated heterocycles. The number of hydrogen-bond donors (Lipinski definition) is 0. The van der Waals surface area contributed by atoms with Gasteiger partial charge in [0.2, 0.25) is 0 Å². The molecule has 3 aromatic heterocycles. The number of aromatic nitrogens is 5. The Balaban J connectivity index is 1.50. The van der Waals surface area contributed by atoms with Crippen molar-refractivity contribution in [2.24, 2.45) is 0 Å². The van der Waals surface area contributed by atoms with Crippen LogP contribution in [0.2, 0.25) is 0 Å². The van der Waals surface area contributed by atoms with Gasteiger partial charge in [-0.3, -0.25) is 4.57 Å². The van der Waals surface area contributed by atoms with Crippen LogP contribution in [0.5, 0.6) is 0 Å². The average Bonchev–Trinajstić information content (AvgIpc) is 3.36. The normalized spacial score (nSPS) is 11.7. The lowest BCUT2D eigenvalue weighted by atomic mass is 10.3. The van der Waals surface area contributed by atoms with Gasteiger partial charge in [0.25, 0.3) is 0 Å². The van der Waals surface area contributed by atoms with E-state index in [9.17, 15) is 8.78 Å². The van der Waals surface area contributed by atoms with Gasteiger partial charge in [0.1, 0.15) is 12.2 Å². The van der Waals surface area contributed by atoms with E-state index in [1.165, 1.54) is 16.6 Å². The molecule has 0 aliphatic heterocycles. The number of halogens is 2. The lowest BCUT2D eigenvalue weighted by Crippen LogP contribution is -2.05. The van der Waals surface area contributed by atoms with Crippen LogP contribution in [0.1, 0.15) is 17.3 Å². The molecule has 0 aliphatic carbocycles. The van der Waals surface area contributed by atoms with Crippen LogP contribution in [0.15, 0.2) is 53.3 Å². The van der Waals surface area contributed by atoms with E-state index in [2.05, 4.69) is 21.2 Å². The van der Waals surface area contributed by atoms with Crippen molar-refractivity contribution in [3.63, 3.8) is 0 Å². The number of imidazole rings is 1. The molecule has 9 heteroatoms. The molecule has 134 valence electrons. The largest absolute Gasteiger partial charge is 0.320 e. The summed E-state index contributed by atoms with van der Waals surface area (Å²) in [5.41, 5.74) is 1.01. The Bertz CT molecular complexity index is 994.